The summed E-state index contributed by atoms with van der Waals surface area (Å²) in [5.74, 6) is -3.07. The van der Waals surface area contributed by atoms with Crippen LogP contribution < -0.4 is 0 Å². The van der Waals surface area contributed by atoms with E-state index in [9.17, 15) is 8.78 Å². The molecule has 0 bridgehead atoms. The van der Waals surface area contributed by atoms with Crippen LogP contribution in [0, 0.1) is 5.92 Å². The third-order valence-corrected chi connectivity index (χ3v) is 3.75. The van der Waals surface area contributed by atoms with Crippen LogP contribution in [0.2, 0.25) is 0 Å². The molecular weight excluding hydrogens is 278 g/mol. The summed E-state index contributed by atoms with van der Waals surface area (Å²) in [5, 5.41) is 0. The molecule has 0 aromatic heterocycles. The van der Waals surface area contributed by atoms with E-state index in [1.807, 2.05) is 32.9 Å². The average molecular weight is 302 g/mol. The fourth-order valence-corrected chi connectivity index (χ4v) is 2.79. The molecule has 1 aliphatic carbocycles. The highest BCUT2D eigenvalue weighted by Crippen LogP contribution is 2.43. The summed E-state index contributed by atoms with van der Waals surface area (Å²) < 4.78 is 29.4. The van der Waals surface area contributed by atoms with E-state index in [1.165, 1.54) is 6.08 Å². The van der Waals surface area contributed by atoms with Gasteiger partial charge in [-0.05, 0) is 30.6 Å². The Kier molecular flexibility index (Phi) is 6.48. The molecule has 0 heterocycles. The van der Waals surface area contributed by atoms with Gasteiger partial charge in [-0.2, -0.15) is 0 Å². The van der Waals surface area contributed by atoms with Crippen LogP contribution in [-0.4, -0.2) is 5.92 Å². The minimum Gasteiger partial charge on any atom is -0.201 e. The molecule has 2 heteroatoms. The Morgan fingerprint density at radius 1 is 1.05 bits per heavy atom. The predicted molar refractivity (Wildman–Crippen MR) is 91.9 cm³/mol. The highest BCUT2D eigenvalue weighted by Gasteiger charge is 2.39. The molecule has 0 saturated carbocycles. The van der Waals surface area contributed by atoms with Gasteiger partial charge in [0.15, 0.2) is 0 Å². The van der Waals surface area contributed by atoms with Crippen molar-refractivity contribution < 1.29 is 8.78 Å². The maximum atomic E-state index is 14.7. The standard InChI is InChI=1S/C20H24F2/c1-6-10-13-18-15(5)17(12-8-3)16(11-7-2)14-20(21,22)19(18)9-4/h6-13,15H,1,4,14H2,2-3,5H3/b11-7-,12-8-,13-10-. The summed E-state index contributed by atoms with van der Waals surface area (Å²) in [6.45, 7) is 12.9. The Morgan fingerprint density at radius 3 is 2.18 bits per heavy atom. The zero-order valence-electron chi connectivity index (χ0n) is 13.6. The molecule has 0 aliphatic heterocycles. The van der Waals surface area contributed by atoms with E-state index in [0.29, 0.717) is 11.1 Å². The Bertz CT molecular complexity index is 581. The first-order chi connectivity index (χ1) is 10.4. The lowest BCUT2D eigenvalue weighted by Crippen LogP contribution is -2.19. The van der Waals surface area contributed by atoms with Gasteiger partial charge < -0.3 is 0 Å². The van der Waals surface area contributed by atoms with Crippen molar-refractivity contribution in [3.63, 3.8) is 0 Å². The molecule has 1 aliphatic rings. The molecule has 0 amide bonds. The number of rotatable bonds is 5. The number of hydrogen-bond donors (Lipinski definition) is 0. The zero-order chi connectivity index (χ0) is 16.8. The van der Waals surface area contributed by atoms with Gasteiger partial charge in [0.25, 0.3) is 5.92 Å². The average Bonchev–Trinajstić information content (AvgIpc) is 2.53. The second-order valence-corrected chi connectivity index (χ2v) is 5.25. The van der Waals surface area contributed by atoms with Gasteiger partial charge >= 0.3 is 0 Å². The first-order valence-corrected chi connectivity index (χ1v) is 7.45. The van der Waals surface area contributed by atoms with Gasteiger partial charge in [-0.1, -0.05) is 68.7 Å². The van der Waals surface area contributed by atoms with Crippen LogP contribution in [0.5, 0.6) is 0 Å². The van der Waals surface area contributed by atoms with Gasteiger partial charge in [-0.15, -0.1) is 0 Å². The van der Waals surface area contributed by atoms with E-state index in [1.54, 1.807) is 30.4 Å². The Morgan fingerprint density at radius 2 is 1.68 bits per heavy atom. The fraction of sp³-hybridized carbons (Fsp3) is 0.300. The molecule has 1 rings (SSSR count). The molecule has 0 spiro atoms. The topological polar surface area (TPSA) is 0 Å². The van der Waals surface area contributed by atoms with Gasteiger partial charge in [0.05, 0.1) is 0 Å². The van der Waals surface area contributed by atoms with E-state index >= 15 is 0 Å². The summed E-state index contributed by atoms with van der Waals surface area (Å²) in [6, 6.07) is 0. The van der Waals surface area contributed by atoms with Crippen LogP contribution >= 0.6 is 0 Å². The van der Waals surface area contributed by atoms with Crippen LogP contribution in [-0.2, 0) is 0 Å². The first kappa shape index (κ1) is 18.1. The molecule has 0 nitrogen and oxygen atoms in total. The minimum absolute atomic E-state index is 0.000365. The minimum atomic E-state index is -2.94. The molecule has 0 aromatic carbocycles. The zero-order valence-corrected chi connectivity index (χ0v) is 13.6. The molecular formula is C20H24F2. The summed E-state index contributed by atoms with van der Waals surface area (Å²) in [5.41, 5.74) is 2.17. The SMILES string of the molecule is C=C/C=C\C1=C(C=C)C(F)(F)CC(/C=C\C)=C(/C=C\C)C1C. The second kappa shape index (κ2) is 7.88. The molecule has 0 saturated heterocycles. The van der Waals surface area contributed by atoms with Crippen molar-refractivity contribution in [1.82, 2.24) is 0 Å². The highest BCUT2D eigenvalue weighted by atomic mass is 19.3. The van der Waals surface area contributed by atoms with Crippen LogP contribution in [0.1, 0.15) is 27.2 Å². The van der Waals surface area contributed by atoms with Crippen molar-refractivity contribution in [3.05, 3.63) is 84.1 Å². The smallest absolute Gasteiger partial charge is 0.201 e. The maximum absolute atomic E-state index is 14.7. The monoisotopic (exact) mass is 302 g/mol. The third kappa shape index (κ3) is 3.82. The number of halogens is 2. The Labute approximate surface area is 132 Å². The molecule has 0 N–H and O–H groups in total. The molecule has 0 fully saturated rings. The summed E-state index contributed by atoms with van der Waals surface area (Å²) in [4.78, 5) is 0. The van der Waals surface area contributed by atoms with Crippen LogP contribution in [0.25, 0.3) is 0 Å². The normalized spacial score (nSPS) is 22.9. The van der Waals surface area contributed by atoms with Gasteiger partial charge in [0.1, 0.15) is 0 Å². The van der Waals surface area contributed by atoms with E-state index < -0.39 is 5.92 Å². The van der Waals surface area contributed by atoms with Gasteiger partial charge in [-0.3, -0.25) is 0 Å². The molecule has 1 unspecified atom stereocenters. The number of hydrogen-bond acceptors (Lipinski definition) is 0. The van der Waals surface area contributed by atoms with Crippen molar-refractivity contribution >= 4 is 0 Å². The largest absolute Gasteiger partial charge is 0.277 e. The molecule has 118 valence electrons. The van der Waals surface area contributed by atoms with Crippen LogP contribution in [0.3, 0.4) is 0 Å². The van der Waals surface area contributed by atoms with E-state index in [-0.39, 0.29) is 17.9 Å². The van der Waals surface area contributed by atoms with Crippen LogP contribution in [0.15, 0.2) is 84.1 Å². The lowest BCUT2D eigenvalue weighted by atomic mass is 9.87. The van der Waals surface area contributed by atoms with Crippen molar-refractivity contribution in [3.8, 4) is 0 Å². The van der Waals surface area contributed by atoms with Crippen LogP contribution in [0.4, 0.5) is 8.78 Å². The quantitative estimate of drug-likeness (QED) is 0.520. The third-order valence-electron chi connectivity index (χ3n) is 3.75. The number of alkyl halides is 2. The van der Waals surface area contributed by atoms with Gasteiger partial charge in [-0.25, -0.2) is 8.78 Å². The van der Waals surface area contributed by atoms with Gasteiger partial charge in [0.2, 0.25) is 0 Å². The Hall–Kier alpha value is -1.96. The first-order valence-electron chi connectivity index (χ1n) is 7.45. The molecule has 22 heavy (non-hydrogen) atoms. The van der Waals surface area contributed by atoms with Crippen molar-refractivity contribution in [2.75, 3.05) is 0 Å². The Balaban J connectivity index is 3.68. The number of allylic oxidation sites excluding steroid dienone is 12. The second-order valence-electron chi connectivity index (χ2n) is 5.25. The van der Waals surface area contributed by atoms with Crippen molar-refractivity contribution in [1.29, 1.82) is 0 Å². The fourth-order valence-electron chi connectivity index (χ4n) is 2.79. The molecule has 1 atom stereocenters. The molecule has 0 radical (unpaired) electrons. The summed E-state index contributed by atoms with van der Waals surface area (Å²) in [7, 11) is 0. The van der Waals surface area contributed by atoms with E-state index in [2.05, 4.69) is 13.2 Å². The summed E-state index contributed by atoms with van der Waals surface area (Å²) in [6.07, 6.45) is 13.4. The lowest BCUT2D eigenvalue weighted by Gasteiger charge is -2.19. The predicted octanol–water partition coefficient (Wildman–Crippen LogP) is 6.34. The summed E-state index contributed by atoms with van der Waals surface area (Å²) >= 11 is 0. The van der Waals surface area contributed by atoms with E-state index in [4.69, 9.17) is 0 Å². The lowest BCUT2D eigenvalue weighted by molar-refractivity contribution is 0.0467. The maximum Gasteiger partial charge on any atom is 0.277 e. The van der Waals surface area contributed by atoms with Crippen molar-refractivity contribution in [2.24, 2.45) is 5.92 Å². The van der Waals surface area contributed by atoms with Gasteiger partial charge in [0, 0.05) is 17.9 Å². The van der Waals surface area contributed by atoms with Crippen molar-refractivity contribution in [2.45, 2.75) is 33.1 Å². The van der Waals surface area contributed by atoms with E-state index in [0.717, 1.165) is 5.57 Å². The highest BCUT2D eigenvalue weighted by molar-refractivity contribution is 5.51. The molecule has 0 aromatic rings.